The second kappa shape index (κ2) is 10.5. The number of nitrogens with zero attached hydrogens (tertiary/aromatic N) is 2. The summed E-state index contributed by atoms with van der Waals surface area (Å²) < 4.78 is 19.2. The van der Waals surface area contributed by atoms with Crippen LogP contribution in [-0.4, -0.2) is 4.98 Å². The van der Waals surface area contributed by atoms with Crippen molar-refractivity contribution in [2.24, 2.45) is 0 Å². The van der Waals surface area contributed by atoms with Gasteiger partial charge in [0.05, 0.1) is 5.69 Å². The number of benzene rings is 7. The van der Waals surface area contributed by atoms with Crippen LogP contribution in [0.25, 0.3) is 77.6 Å². The van der Waals surface area contributed by atoms with Gasteiger partial charge in [-0.2, -0.15) is 0 Å². The van der Waals surface area contributed by atoms with Crippen LogP contribution in [0.2, 0.25) is 0 Å². The maximum atomic E-state index is 6.77. The van der Waals surface area contributed by atoms with Crippen molar-refractivity contribution in [2.45, 2.75) is 0 Å². The van der Waals surface area contributed by atoms with Crippen molar-refractivity contribution in [1.29, 1.82) is 0 Å². The predicted molar refractivity (Wildman–Crippen MR) is 194 cm³/mol. The lowest BCUT2D eigenvalue weighted by Crippen LogP contribution is -2.10. The van der Waals surface area contributed by atoms with E-state index in [0.29, 0.717) is 5.89 Å². The van der Waals surface area contributed by atoms with E-state index in [2.05, 4.69) is 102 Å². The number of fused-ring (bicyclic) bond motifs is 7. The minimum absolute atomic E-state index is 0.569. The van der Waals surface area contributed by atoms with Gasteiger partial charge >= 0.3 is 0 Å². The van der Waals surface area contributed by atoms with Gasteiger partial charge in [0.15, 0.2) is 11.2 Å². The van der Waals surface area contributed by atoms with Gasteiger partial charge in [-0.15, -0.1) is 0 Å². The topological polar surface area (TPSA) is 55.6 Å². The number of hydrogen-bond donors (Lipinski definition) is 0. The second-order valence-electron chi connectivity index (χ2n) is 12.0. The number of para-hydroxylation sites is 4. The van der Waals surface area contributed by atoms with Crippen molar-refractivity contribution < 1.29 is 13.3 Å². The molecule has 10 aromatic rings. The average Bonchev–Trinajstić information content (AvgIpc) is 3.86. The lowest BCUT2D eigenvalue weighted by Gasteiger charge is -2.26. The minimum Gasteiger partial charge on any atom is -0.456 e. The van der Waals surface area contributed by atoms with Crippen molar-refractivity contribution in [3.8, 4) is 22.6 Å². The highest BCUT2D eigenvalue weighted by molar-refractivity contribution is 6.16. The number of hydrogen-bond acceptors (Lipinski definition) is 5. The lowest BCUT2D eigenvalue weighted by atomic mass is 10.0. The molecule has 7 aromatic carbocycles. The normalized spacial score (nSPS) is 11.8. The van der Waals surface area contributed by atoms with E-state index in [-0.39, 0.29) is 0 Å². The lowest BCUT2D eigenvalue weighted by molar-refractivity contribution is 0.620. The van der Waals surface area contributed by atoms with Crippen LogP contribution in [0, 0.1) is 0 Å². The van der Waals surface area contributed by atoms with Crippen LogP contribution in [0.1, 0.15) is 0 Å². The molecule has 0 bridgehead atoms. The molecule has 0 aliphatic carbocycles. The summed E-state index contributed by atoms with van der Waals surface area (Å²) in [7, 11) is 0. The molecule has 3 aromatic heterocycles. The molecule has 48 heavy (non-hydrogen) atoms. The summed E-state index contributed by atoms with van der Waals surface area (Å²) in [5.41, 5.74) is 10.9. The smallest absolute Gasteiger partial charge is 0.228 e. The molecule has 0 spiro atoms. The summed E-state index contributed by atoms with van der Waals surface area (Å²) in [5.74, 6) is 0.569. The Hall–Kier alpha value is -6.59. The van der Waals surface area contributed by atoms with Crippen molar-refractivity contribution in [3.63, 3.8) is 0 Å². The first-order valence-electron chi connectivity index (χ1n) is 16.0. The molecule has 0 saturated heterocycles. The highest BCUT2D eigenvalue weighted by atomic mass is 16.4. The van der Waals surface area contributed by atoms with Crippen LogP contribution < -0.4 is 4.90 Å². The van der Waals surface area contributed by atoms with Gasteiger partial charge in [0, 0.05) is 38.5 Å². The molecule has 5 heteroatoms. The SMILES string of the molecule is c1ccc(-c2cccc(N(c3ccc4oc5ccccc5c4c3)c3cccc4c3oc3cccc(-c5nc6ccccc6o5)c34)c2)cc1. The second-order valence-corrected chi connectivity index (χ2v) is 12.0. The third kappa shape index (κ3) is 4.15. The van der Waals surface area contributed by atoms with E-state index in [1.54, 1.807) is 0 Å². The fourth-order valence-electron chi connectivity index (χ4n) is 6.91. The molecule has 0 radical (unpaired) electrons. The van der Waals surface area contributed by atoms with Crippen LogP contribution in [0.3, 0.4) is 0 Å². The van der Waals surface area contributed by atoms with E-state index in [9.17, 15) is 0 Å². The van der Waals surface area contributed by atoms with Crippen molar-refractivity contribution in [1.82, 2.24) is 4.98 Å². The maximum absolute atomic E-state index is 6.77. The van der Waals surface area contributed by atoms with Gasteiger partial charge in [-0.3, -0.25) is 0 Å². The van der Waals surface area contributed by atoms with E-state index < -0.39 is 0 Å². The maximum Gasteiger partial charge on any atom is 0.228 e. The van der Waals surface area contributed by atoms with E-state index in [0.717, 1.165) is 88.7 Å². The first-order valence-corrected chi connectivity index (χ1v) is 16.0. The number of rotatable bonds is 5. The van der Waals surface area contributed by atoms with E-state index >= 15 is 0 Å². The third-order valence-corrected chi connectivity index (χ3v) is 9.10. The zero-order valence-electron chi connectivity index (χ0n) is 25.6. The predicted octanol–water partition coefficient (Wildman–Crippen LogP) is 12.4. The molecule has 0 N–H and O–H groups in total. The van der Waals surface area contributed by atoms with Crippen LogP contribution in [0.4, 0.5) is 17.1 Å². The molecular weight excluding hydrogens is 592 g/mol. The van der Waals surface area contributed by atoms with E-state index in [1.807, 2.05) is 60.7 Å². The van der Waals surface area contributed by atoms with Crippen LogP contribution in [0.5, 0.6) is 0 Å². The van der Waals surface area contributed by atoms with Crippen LogP contribution in [0.15, 0.2) is 171 Å². The number of oxazole rings is 1. The zero-order chi connectivity index (χ0) is 31.6. The number of furan rings is 2. The van der Waals surface area contributed by atoms with Crippen molar-refractivity contribution >= 4 is 72.0 Å². The van der Waals surface area contributed by atoms with Crippen molar-refractivity contribution in [3.05, 3.63) is 158 Å². The zero-order valence-corrected chi connectivity index (χ0v) is 25.6. The standard InChI is InChI=1S/C43H26N2O3/c1-2-11-27(12-3-1)28-13-8-14-29(25-28)45(30-23-24-38-34(26-30)31-15-4-6-20-37(31)46-38)36-19-9-16-32-41-33(17-10-22-40(41)47-42(32)36)43-44-35-18-5-7-21-39(35)48-43/h1-26H. The van der Waals surface area contributed by atoms with Crippen LogP contribution in [-0.2, 0) is 0 Å². The Morgan fingerprint density at radius 2 is 1.15 bits per heavy atom. The average molecular weight is 619 g/mol. The van der Waals surface area contributed by atoms with Gasteiger partial charge in [0.25, 0.3) is 0 Å². The Kier molecular flexibility index (Phi) is 5.81. The Morgan fingerprint density at radius 1 is 0.438 bits per heavy atom. The Labute approximate surface area is 274 Å². The quantitative estimate of drug-likeness (QED) is 0.192. The molecular formula is C43H26N2O3. The van der Waals surface area contributed by atoms with Crippen LogP contribution >= 0.6 is 0 Å². The molecule has 0 fully saturated rings. The molecule has 226 valence electrons. The molecule has 0 aliphatic rings. The van der Waals surface area contributed by atoms with Gasteiger partial charge in [-0.1, -0.05) is 91.0 Å². The molecule has 0 saturated carbocycles. The highest BCUT2D eigenvalue weighted by Gasteiger charge is 2.23. The van der Waals surface area contributed by atoms with Gasteiger partial charge in [0.2, 0.25) is 5.89 Å². The van der Waals surface area contributed by atoms with Gasteiger partial charge in [0.1, 0.15) is 22.3 Å². The molecule has 0 aliphatic heterocycles. The molecule has 0 atom stereocenters. The van der Waals surface area contributed by atoms with Gasteiger partial charge in [-0.25, -0.2) is 4.98 Å². The number of anilines is 3. The molecule has 3 heterocycles. The summed E-state index contributed by atoms with van der Waals surface area (Å²) in [6.07, 6.45) is 0. The minimum atomic E-state index is 0.569. The molecule has 5 nitrogen and oxygen atoms in total. The van der Waals surface area contributed by atoms with E-state index in [1.165, 1.54) is 0 Å². The fraction of sp³-hybridized carbons (Fsp3) is 0. The highest BCUT2D eigenvalue weighted by Crippen LogP contribution is 2.46. The van der Waals surface area contributed by atoms with Crippen molar-refractivity contribution in [2.75, 3.05) is 4.90 Å². The summed E-state index contributed by atoms with van der Waals surface area (Å²) in [6, 6.07) is 53.9. The molecule has 0 amide bonds. The summed E-state index contributed by atoms with van der Waals surface area (Å²) in [5, 5.41) is 4.09. The molecule has 0 unspecified atom stereocenters. The monoisotopic (exact) mass is 618 g/mol. The van der Waals surface area contributed by atoms with Gasteiger partial charge in [-0.05, 0) is 77.9 Å². The summed E-state index contributed by atoms with van der Waals surface area (Å²) in [6.45, 7) is 0. The molecule has 10 rings (SSSR count). The first-order chi connectivity index (χ1) is 23.8. The summed E-state index contributed by atoms with van der Waals surface area (Å²) >= 11 is 0. The first kappa shape index (κ1) is 26.6. The van der Waals surface area contributed by atoms with E-state index in [4.69, 9.17) is 18.2 Å². The third-order valence-electron chi connectivity index (χ3n) is 9.10. The largest absolute Gasteiger partial charge is 0.456 e. The Morgan fingerprint density at radius 3 is 2.06 bits per heavy atom. The Bertz CT molecular complexity index is 2770. The Balaban J connectivity index is 1.23. The number of aromatic nitrogens is 1. The fourth-order valence-corrected chi connectivity index (χ4v) is 6.91. The van der Waals surface area contributed by atoms with Gasteiger partial charge < -0.3 is 18.2 Å². The summed E-state index contributed by atoms with van der Waals surface area (Å²) in [4.78, 5) is 7.11.